The molecule has 7 heteroatoms. The van der Waals surface area contributed by atoms with Gasteiger partial charge in [0.25, 0.3) is 0 Å². The molecule has 1 unspecified atom stereocenters. The third-order valence-electron chi connectivity index (χ3n) is 2.64. The zero-order valence-electron chi connectivity index (χ0n) is 11.8. The number of nitrogens with one attached hydrogen (secondary N) is 1. The Morgan fingerprint density at radius 3 is 2.74 bits per heavy atom. The number of morpholine rings is 1. The molecule has 0 aromatic heterocycles. The molecule has 110 valence electrons. The van der Waals surface area contributed by atoms with Crippen LogP contribution in [0.4, 0.5) is 4.79 Å². The first-order chi connectivity index (χ1) is 8.81. The molecule has 1 saturated heterocycles. The van der Waals surface area contributed by atoms with E-state index in [1.165, 1.54) is 0 Å². The highest BCUT2D eigenvalue weighted by molar-refractivity contribution is 5.75. The molecule has 1 aliphatic rings. The summed E-state index contributed by atoms with van der Waals surface area (Å²) in [7, 11) is 0. The van der Waals surface area contributed by atoms with E-state index in [9.17, 15) is 9.59 Å². The van der Waals surface area contributed by atoms with Gasteiger partial charge in [-0.1, -0.05) is 0 Å². The zero-order chi connectivity index (χ0) is 14.5. The van der Waals surface area contributed by atoms with Gasteiger partial charge in [-0.15, -0.1) is 0 Å². The molecule has 1 rings (SSSR count). The molecular formula is C12H23N3O4. The van der Waals surface area contributed by atoms with Crippen molar-refractivity contribution in [1.82, 2.24) is 10.3 Å². The molecular weight excluding hydrogens is 250 g/mol. The van der Waals surface area contributed by atoms with E-state index in [4.69, 9.17) is 15.3 Å². The number of ether oxygens (including phenoxy) is 2. The zero-order valence-corrected chi connectivity index (χ0v) is 11.8. The van der Waals surface area contributed by atoms with Crippen LogP contribution in [-0.2, 0) is 14.3 Å². The van der Waals surface area contributed by atoms with Crippen molar-refractivity contribution in [3.8, 4) is 0 Å². The van der Waals surface area contributed by atoms with Gasteiger partial charge in [-0.2, -0.15) is 0 Å². The lowest BCUT2D eigenvalue weighted by Crippen LogP contribution is -2.47. The summed E-state index contributed by atoms with van der Waals surface area (Å²) in [6, 6.07) is 0. The molecule has 0 saturated carbocycles. The fraction of sp³-hybridized carbons (Fsp3) is 0.833. The molecule has 0 aromatic rings. The Balaban J connectivity index is 2.41. The Morgan fingerprint density at radius 2 is 2.16 bits per heavy atom. The van der Waals surface area contributed by atoms with Crippen molar-refractivity contribution in [2.45, 2.75) is 45.3 Å². The van der Waals surface area contributed by atoms with Gasteiger partial charge in [0.05, 0.1) is 19.3 Å². The molecule has 1 fully saturated rings. The van der Waals surface area contributed by atoms with E-state index in [1.54, 1.807) is 4.90 Å². The van der Waals surface area contributed by atoms with Gasteiger partial charge in [0.2, 0.25) is 5.91 Å². The summed E-state index contributed by atoms with van der Waals surface area (Å²) >= 11 is 0. The maximum absolute atomic E-state index is 11.9. The van der Waals surface area contributed by atoms with Crippen LogP contribution < -0.4 is 11.3 Å². The number of carbonyl (C=O) groups is 2. The van der Waals surface area contributed by atoms with E-state index in [0.29, 0.717) is 26.1 Å². The molecule has 0 aromatic carbocycles. The van der Waals surface area contributed by atoms with Gasteiger partial charge in [0, 0.05) is 13.0 Å². The van der Waals surface area contributed by atoms with E-state index in [0.717, 1.165) is 0 Å². The van der Waals surface area contributed by atoms with Crippen LogP contribution >= 0.6 is 0 Å². The smallest absolute Gasteiger partial charge is 0.410 e. The minimum atomic E-state index is -0.510. The van der Waals surface area contributed by atoms with Crippen molar-refractivity contribution < 1.29 is 19.1 Å². The molecule has 2 amide bonds. The molecule has 0 aliphatic carbocycles. The maximum atomic E-state index is 11.9. The summed E-state index contributed by atoms with van der Waals surface area (Å²) in [5.74, 6) is 4.77. The summed E-state index contributed by atoms with van der Waals surface area (Å²) in [6.07, 6.45) is 0.314. The van der Waals surface area contributed by atoms with Crippen molar-refractivity contribution in [1.29, 1.82) is 0 Å². The quantitative estimate of drug-likeness (QED) is 0.441. The predicted octanol–water partition coefficient (Wildman–Crippen LogP) is 0.392. The summed E-state index contributed by atoms with van der Waals surface area (Å²) in [6.45, 7) is 6.88. The number of hydrogen-bond acceptors (Lipinski definition) is 5. The van der Waals surface area contributed by atoms with Gasteiger partial charge in [0.15, 0.2) is 0 Å². The molecule has 1 atom stereocenters. The molecule has 1 aliphatic heterocycles. The fourth-order valence-electron chi connectivity index (χ4n) is 1.75. The van der Waals surface area contributed by atoms with Crippen LogP contribution in [0.3, 0.4) is 0 Å². The first-order valence-electron chi connectivity index (χ1n) is 6.41. The molecule has 3 N–H and O–H groups in total. The lowest BCUT2D eigenvalue weighted by molar-refractivity contribution is -0.122. The van der Waals surface area contributed by atoms with Crippen LogP contribution in [0, 0.1) is 0 Å². The first-order valence-corrected chi connectivity index (χ1v) is 6.41. The Bertz CT molecular complexity index is 327. The van der Waals surface area contributed by atoms with Crippen LogP contribution in [0.5, 0.6) is 0 Å². The van der Waals surface area contributed by atoms with Crippen molar-refractivity contribution in [3.05, 3.63) is 0 Å². The maximum Gasteiger partial charge on any atom is 0.410 e. The Kier molecular flexibility index (Phi) is 5.56. The van der Waals surface area contributed by atoms with Gasteiger partial charge in [0.1, 0.15) is 5.60 Å². The van der Waals surface area contributed by atoms with Crippen LogP contribution in [0.25, 0.3) is 0 Å². The largest absolute Gasteiger partial charge is 0.444 e. The van der Waals surface area contributed by atoms with E-state index in [-0.39, 0.29) is 24.5 Å². The highest BCUT2D eigenvalue weighted by Gasteiger charge is 2.28. The lowest BCUT2D eigenvalue weighted by Gasteiger charge is -2.34. The van der Waals surface area contributed by atoms with Crippen LogP contribution in [0.2, 0.25) is 0 Å². The second-order valence-electron chi connectivity index (χ2n) is 5.53. The number of rotatable bonds is 3. The van der Waals surface area contributed by atoms with Crippen LogP contribution in [0.15, 0.2) is 0 Å². The topological polar surface area (TPSA) is 93.9 Å². The molecule has 0 bridgehead atoms. The fourth-order valence-corrected chi connectivity index (χ4v) is 1.75. The number of carbonyl (C=O) groups excluding carboxylic acids is 2. The molecule has 19 heavy (non-hydrogen) atoms. The van der Waals surface area contributed by atoms with Crippen molar-refractivity contribution in [2.24, 2.45) is 5.84 Å². The van der Waals surface area contributed by atoms with Crippen molar-refractivity contribution in [3.63, 3.8) is 0 Å². The third kappa shape index (κ3) is 5.89. The van der Waals surface area contributed by atoms with E-state index >= 15 is 0 Å². The highest BCUT2D eigenvalue weighted by Crippen LogP contribution is 2.15. The summed E-state index contributed by atoms with van der Waals surface area (Å²) < 4.78 is 10.8. The van der Waals surface area contributed by atoms with Crippen molar-refractivity contribution >= 4 is 12.0 Å². The molecule has 0 radical (unpaired) electrons. The Labute approximate surface area is 113 Å². The molecule has 1 heterocycles. The minimum Gasteiger partial charge on any atom is -0.444 e. The van der Waals surface area contributed by atoms with Crippen LogP contribution in [-0.4, -0.2) is 48.3 Å². The summed E-state index contributed by atoms with van der Waals surface area (Å²) in [4.78, 5) is 24.6. The van der Waals surface area contributed by atoms with E-state index < -0.39 is 5.60 Å². The Morgan fingerprint density at radius 1 is 1.47 bits per heavy atom. The highest BCUT2D eigenvalue weighted by atomic mass is 16.6. The third-order valence-corrected chi connectivity index (χ3v) is 2.64. The first kappa shape index (κ1) is 15.7. The number of hydrogen-bond donors (Lipinski definition) is 2. The van der Waals surface area contributed by atoms with Gasteiger partial charge in [-0.25, -0.2) is 10.6 Å². The number of nitrogens with two attached hydrogens (primary N) is 1. The molecule has 0 spiro atoms. The number of amides is 2. The van der Waals surface area contributed by atoms with Gasteiger partial charge >= 0.3 is 6.09 Å². The monoisotopic (exact) mass is 273 g/mol. The van der Waals surface area contributed by atoms with Gasteiger partial charge in [-0.05, 0) is 27.2 Å². The molecule has 7 nitrogen and oxygen atoms in total. The predicted molar refractivity (Wildman–Crippen MR) is 69.1 cm³/mol. The average Bonchev–Trinajstić information content (AvgIpc) is 2.34. The van der Waals surface area contributed by atoms with Gasteiger partial charge in [-0.3, -0.25) is 10.2 Å². The summed E-state index contributed by atoms with van der Waals surface area (Å²) in [5, 5.41) is 0. The lowest BCUT2D eigenvalue weighted by atomic mass is 10.1. The second kappa shape index (κ2) is 6.72. The minimum absolute atomic E-state index is 0.154. The van der Waals surface area contributed by atoms with E-state index in [2.05, 4.69) is 5.43 Å². The number of nitrogens with zero attached hydrogens (tertiary/aromatic N) is 1. The van der Waals surface area contributed by atoms with Crippen LogP contribution in [0.1, 0.15) is 33.6 Å². The standard InChI is InChI=1S/C12H23N3O4/c1-12(2,3)19-11(17)15-6-7-18-9(8-15)4-5-10(16)14-13/h9H,4-8,13H2,1-3H3,(H,14,16). The van der Waals surface area contributed by atoms with Crippen molar-refractivity contribution in [2.75, 3.05) is 19.7 Å². The SMILES string of the molecule is CC(C)(C)OC(=O)N1CCOC(CCC(=O)NN)C1. The number of hydrazine groups is 1. The normalized spacial score (nSPS) is 20.0. The second-order valence-corrected chi connectivity index (χ2v) is 5.53. The Hall–Kier alpha value is -1.34. The summed E-state index contributed by atoms with van der Waals surface area (Å²) in [5.41, 5.74) is 1.56. The van der Waals surface area contributed by atoms with E-state index in [1.807, 2.05) is 20.8 Å². The average molecular weight is 273 g/mol. The van der Waals surface area contributed by atoms with Gasteiger partial charge < -0.3 is 14.4 Å².